The van der Waals surface area contributed by atoms with Gasteiger partial charge in [-0.2, -0.15) is 0 Å². The lowest BCUT2D eigenvalue weighted by molar-refractivity contribution is 0.159. The van der Waals surface area contributed by atoms with Crippen LogP contribution in [0.2, 0.25) is 0 Å². The fourth-order valence-corrected chi connectivity index (χ4v) is 3.04. The fraction of sp³-hybridized carbons (Fsp3) is 0.182. The molecule has 0 amide bonds. The molecule has 1 aliphatic rings. The lowest BCUT2D eigenvalue weighted by Crippen LogP contribution is -2.27. The van der Waals surface area contributed by atoms with E-state index in [0.29, 0.717) is 0 Å². The van der Waals surface area contributed by atoms with Crippen molar-refractivity contribution in [2.75, 3.05) is 5.32 Å². The van der Waals surface area contributed by atoms with Crippen molar-refractivity contribution in [2.24, 2.45) is 0 Å². The normalized spacial score (nSPS) is 14.9. The van der Waals surface area contributed by atoms with Gasteiger partial charge in [0.15, 0.2) is 0 Å². The van der Waals surface area contributed by atoms with E-state index in [1.165, 1.54) is 16.3 Å². The average molecular weight is 315 g/mol. The third kappa shape index (κ3) is 3.00. The molecule has 120 valence electrons. The monoisotopic (exact) mass is 315 g/mol. The number of benzene rings is 3. The van der Waals surface area contributed by atoms with Crippen molar-refractivity contribution in [1.82, 2.24) is 0 Å². The standard InChI is InChI=1S/C22H21NO/c1-22(2)12-11-19-14-20(9-10-21(19)24-22)23-15-16-7-8-17-5-3-4-6-18(17)13-16/h3-14,23H,15H2,1-2H3. The third-order valence-corrected chi connectivity index (χ3v) is 4.36. The minimum atomic E-state index is -0.229. The lowest BCUT2D eigenvalue weighted by Gasteiger charge is -2.28. The Balaban J connectivity index is 1.51. The minimum Gasteiger partial charge on any atom is -0.483 e. The molecule has 4 rings (SSSR count). The Bertz CT molecular complexity index is 924. The molecule has 2 heteroatoms. The van der Waals surface area contributed by atoms with Gasteiger partial charge in [-0.15, -0.1) is 0 Å². The molecule has 0 saturated carbocycles. The topological polar surface area (TPSA) is 21.3 Å². The van der Waals surface area contributed by atoms with Crippen LogP contribution in [0.3, 0.4) is 0 Å². The molecule has 2 nitrogen and oxygen atoms in total. The van der Waals surface area contributed by atoms with E-state index in [2.05, 4.69) is 85.9 Å². The number of anilines is 1. The molecule has 24 heavy (non-hydrogen) atoms. The molecule has 1 aliphatic heterocycles. The Morgan fingerprint density at radius 1 is 0.917 bits per heavy atom. The van der Waals surface area contributed by atoms with Crippen molar-refractivity contribution >= 4 is 22.5 Å². The van der Waals surface area contributed by atoms with Gasteiger partial charge in [-0.25, -0.2) is 0 Å². The number of rotatable bonds is 3. The summed E-state index contributed by atoms with van der Waals surface area (Å²) in [5, 5.41) is 6.06. The second kappa shape index (κ2) is 5.72. The Morgan fingerprint density at radius 2 is 1.75 bits per heavy atom. The van der Waals surface area contributed by atoms with E-state index < -0.39 is 0 Å². The summed E-state index contributed by atoms with van der Waals surface area (Å²) in [5.41, 5.74) is 3.28. The van der Waals surface area contributed by atoms with Crippen LogP contribution in [0.4, 0.5) is 5.69 Å². The molecule has 0 unspecified atom stereocenters. The maximum absolute atomic E-state index is 5.97. The number of hydrogen-bond donors (Lipinski definition) is 1. The van der Waals surface area contributed by atoms with Crippen molar-refractivity contribution in [3.63, 3.8) is 0 Å². The van der Waals surface area contributed by atoms with Gasteiger partial charge in [0.05, 0.1) is 0 Å². The first-order valence-corrected chi connectivity index (χ1v) is 8.33. The van der Waals surface area contributed by atoms with Crippen molar-refractivity contribution in [3.8, 4) is 5.75 Å². The highest BCUT2D eigenvalue weighted by molar-refractivity contribution is 5.83. The Morgan fingerprint density at radius 3 is 2.62 bits per heavy atom. The molecule has 0 spiro atoms. The van der Waals surface area contributed by atoms with E-state index >= 15 is 0 Å². The number of hydrogen-bond acceptors (Lipinski definition) is 2. The second-order valence-corrected chi connectivity index (χ2v) is 6.83. The number of nitrogens with one attached hydrogen (secondary N) is 1. The SMILES string of the molecule is CC1(C)C=Cc2cc(NCc3ccc4ccccc4c3)ccc2O1. The third-order valence-electron chi connectivity index (χ3n) is 4.36. The first kappa shape index (κ1) is 14.8. The van der Waals surface area contributed by atoms with Crippen molar-refractivity contribution in [3.05, 3.63) is 77.9 Å². The molecular weight excluding hydrogens is 294 g/mol. The fourth-order valence-electron chi connectivity index (χ4n) is 3.04. The number of fused-ring (bicyclic) bond motifs is 2. The van der Waals surface area contributed by atoms with Gasteiger partial charge in [0.1, 0.15) is 11.4 Å². The average Bonchev–Trinajstić information content (AvgIpc) is 2.59. The molecule has 3 aromatic rings. The molecule has 3 aromatic carbocycles. The molecule has 0 atom stereocenters. The Hall–Kier alpha value is -2.74. The quantitative estimate of drug-likeness (QED) is 0.675. The highest BCUT2D eigenvalue weighted by atomic mass is 16.5. The Labute approximate surface area is 142 Å². The van der Waals surface area contributed by atoms with Crippen LogP contribution in [0, 0.1) is 0 Å². The highest BCUT2D eigenvalue weighted by Crippen LogP contribution is 2.32. The van der Waals surface area contributed by atoms with Crippen molar-refractivity contribution < 1.29 is 4.74 Å². The van der Waals surface area contributed by atoms with E-state index in [9.17, 15) is 0 Å². The largest absolute Gasteiger partial charge is 0.483 e. The van der Waals surface area contributed by atoms with E-state index in [1.807, 2.05) is 6.07 Å². The van der Waals surface area contributed by atoms with Crippen molar-refractivity contribution in [2.45, 2.75) is 26.0 Å². The van der Waals surface area contributed by atoms with Crippen LogP contribution >= 0.6 is 0 Å². The van der Waals surface area contributed by atoms with Gasteiger partial charge in [-0.3, -0.25) is 0 Å². The molecule has 0 radical (unpaired) electrons. The second-order valence-electron chi connectivity index (χ2n) is 6.83. The van der Waals surface area contributed by atoms with Gasteiger partial charge in [-0.1, -0.05) is 42.5 Å². The van der Waals surface area contributed by atoms with E-state index in [-0.39, 0.29) is 5.60 Å². The van der Waals surface area contributed by atoms with E-state index in [4.69, 9.17) is 4.74 Å². The minimum absolute atomic E-state index is 0.229. The summed E-state index contributed by atoms with van der Waals surface area (Å²) in [6, 6.07) is 21.3. The van der Waals surface area contributed by atoms with Crippen LogP contribution in [0.5, 0.6) is 5.75 Å². The first-order chi connectivity index (χ1) is 11.6. The summed E-state index contributed by atoms with van der Waals surface area (Å²) >= 11 is 0. The van der Waals surface area contributed by atoms with Crippen LogP contribution < -0.4 is 10.1 Å². The van der Waals surface area contributed by atoms with Gasteiger partial charge in [0, 0.05) is 17.8 Å². The zero-order chi connectivity index (χ0) is 16.6. The van der Waals surface area contributed by atoms with Gasteiger partial charge < -0.3 is 10.1 Å². The van der Waals surface area contributed by atoms with E-state index in [0.717, 1.165) is 23.5 Å². The first-order valence-electron chi connectivity index (χ1n) is 8.33. The molecule has 0 fully saturated rings. The molecule has 1 heterocycles. The van der Waals surface area contributed by atoms with Gasteiger partial charge >= 0.3 is 0 Å². The predicted molar refractivity (Wildman–Crippen MR) is 101 cm³/mol. The molecule has 0 bridgehead atoms. The molecule has 0 aliphatic carbocycles. The van der Waals surface area contributed by atoms with Gasteiger partial charge in [0.25, 0.3) is 0 Å². The maximum Gasteiger partial charge on any atom is 0.127 e. The Kier molecular flexibility index (Phi) is 3.53. The van der Waals surface area contributed by atoms with Gasteiger partial charge in [0.2, 0.25) is 0 Å². The molecule has 0 aromatic heterocycles. The van der Waals surface area contributed by atoms with Crippen molar-refractivity contribution in [1.29, 1.82) is 0 Å². The molecule has 1 N–H and O–H groups in total. The summed E-state index contributed by atoms with van der Waals surface area (Å²) in [6.07, 6.45) is 4.24. The summed E-state index contributed by atoms with van der Waals surface area (Å²) in [7, 11) is 0. The highest BCUT2D eigenvalue weighted by Gasteiger charge is 2.21. The lowest BCUT2D eigenvalue weighted by atomic mass is 10.0. The van der Waals surface area contributed by atoms with E-state index in [1.54, 1.807) is 0 Å². The molecular formula is C22H21NO. The maximum atomic E-state index is 5.97. The van der Waals surface area contributed by atoms with Crippen LogP contribution in [0.1, 0.15) is 25.0 Å². The summed E-state index contributed by atoms with van der Waals surface area (Å²) < 4.78 is 5.97. The van der Waals surface area contributed by atoms with Crippen LogP contribution in [-0.4, -0.2) is 5.60 Å². The molecule has 0 saturated heterocycles. The zero-order valence-corrected chi connectivity index (χ0v) is 14.0. The summed E-state index contributed by atoms with van der Waals surface area (Å²) in [5.74, 6) is 0.943. The zero-order valence-electron chi connectivity index (χ0n) is 14.0. The van der Waals surface area contributed by atoms with Crippen LogP contribution in [0.15, 0.2) is 66.7 Å². The van der Waals surface area contributed by atoms with Crippen LogP contribution in [0.25, 0.3) is 16.8 Å². The summed E-state index contributed by atoms with van der Waals surface area (Å²) in [6.45, 7) is 4.94. The summed E-state index contributed by atoms with van der Waals surface area (Å²) in [4.78, 5) is 0. The van der Waals surface area contributed by atoms with Crippen LogP contribution in [-0.2, 0) is 6.54 Å². The predicted octanol–water partition coefficient (Wildman–Crippen LogP) is 5.64. The smallest absolute Gasteiger partial charge is 0.127 e. The van der Waals surface area contributed by atoms with Gasteiger partial charge in [-0.05, 0) is 60.5 Å². The number of ether oxygens (including phenoxy) is 1.